The molecule has 84 valence electrons. The standard InChI is InChI=1S/C11H11BrN2O2/c1-13-4-5-14-9-6-7(12)2-3-8(9)10(15)11(14)16/h2-3,6,13H,4-5H2,1H3. The molecule has 4 nitrogen and oxygen atoms in total. The molecule has 5 heteroatoms. The maximum absolute atomic E-state index is 11.7. The number of benzene rings is 1. The molecule has 0 bridgehead atoms. The molecule has 16 heavy (non-hydrogen) atoms. The lowest BCUT2D eigenvalue weighted by molar-refractivity contribution is -0.114. The number of ketones is 1. The third-order valence-electron chi connectivity index (χ3n) is 2.52. The van der Waals surface area contributed by atoms with Crippen molar-refractivity contribution in [1.82, 2.24) is 5.32 Å². The Balaban J connectivity index is 2.39. The summed E-state index contributed by atoms with van der Waals surface area (Å²) in [4.78, 5) is 24.9. The first kappa shape index (κ1) is 11.3. The molecule has 0 saturated carbocycles. The van der Waals surface area contributed by atoms with Crippen molar-refractivity contribution in [2.45, 2.75) is 0 Å². The first-order chi connectivity index (χ1) is 7.65. The largest absolute Gasteiger partial charge is 0.318 e. The molecule has 1 aliphatic rings. The van der Waals surface area contributed by atoms with E-state index >= 15 is 0 Å². The Labute approximate surface area is 102 Å². The number of carbonyl (C=O) groups is 2. The van der Waals surface area contributed by atoms with Crippen molar-refractivity contribution in [1.29, 1.82) is 0 Å². The molecule has 0 saturated heterocycles. The molecule has 1 amide bonds. The van der Waals surface area contributed by atoms with Crippen molar-refractivity contribution in [3.8, 4) is 0 Å². The van der Waals surface area contributed by atoms with E-state index in [1.807, 2.05) is 7.05 Å². The molecule has 1 aromatic rings. The second-order valence-electron chi connectivity index (χ2n) is 3.55. The van der Waals surface area contributed by atoms with Gasteiger partial charge in [0.1, 0.15) is 0 Å². The SMILES string of the molecule is CNCCN1C(=O)C(=O)c2ccc(Br)cc21. The van der Waals surface area contributed by atoms with Crippen LogP contribution in [0.1, 0.15) is 10.4 Å². The lowest BCUT2D eigenvalue weighted by Gasteiger charge is -2.16. The summed E-state index contributed by atoms with van der Waals surface area (Å²) in [5.41, 5.74) is 1.18. The molecule has 2 rings (SSSR count). The predicted octanol–water partition coefficient (Wildman–Crippen LogP) is 1.20. The number of nitrogens with one attached hydrogen (secondary N) is 1. The number of fused-ring (bicyclic) bond motifs is 1. The zero-order chi connectivity index (χ0) is 11.7. The minimum Gasteiger partial charge on any atom is -0.318 e. The van der Waals surface area contributed by atoms with Crippen LogP contribution in [-0.2, 0) is 4.79 Å². The Morgan fingerprint density at radius 3 is 2.81 bits per heavy atom. The molecular weight excluding hydrogens is 272 g/mol. The Morgan fingerprint density at radius 2 is 2.12 bits per heavy atom. The average molecular weight is 283 g/mol. The number of anilines is 1. The third kappa shape index (κ3) is 1.76. The van der Waals surface area contributed by atoms with E-state index in [0.29, 0.717) is 24.3 Å². The average Bonchev–Trinajstić information content (AvgIpc) is 2.50. The Bertz CT molecular complexity index is 459. The van der Waals surface area contributed by atoms with Gasteiger partial charge in [-0.2, -0.15) is 0 Å². The van der Waals surface area contributed by atoms with Crippen LogP contribution in [0.2, 0.25) is 0 Å². The summed E-state index contributed by atoms with van der Waals surface area (Å²) >= 11 is 3.34. The zero-order valence-corrected chi connectivity index (χ0v) is 10.4. The first-order valence-electron chi connectivity index (χ1n) is 4.95. The molecule has 1 heterocycles. The highest BCUT2D eigenvalue weighted by Gasteiger charge is 2.35. The van der Waals surface area contributed by atoms with Gasteiger partial charge in [-0.3, -0.25) is 9.59 Å². The zero-order valence-electron chi connectivity index (χ0n) is 8.79. The summed E-state index contributed by atoms with van der Waals surface area (Å²) in [6, 6.07) is 5.25. The number of Topliss-reactive ketones (excluding diaryl/α,β-unsaturated/α-hetero) is 1. The minimum atomic E-state index is -0.441. The number of likely N-dealkylation sites (N-methyl/N-ethyl adjacent to an activating group) is 1. The summed E-state index contributed by atoms with van der Waals surface area (Å²) in [5.74, 6) is -0.859. The minimum absolute atomic E-state index is 0.418. The van der Waals surface area contributed by atoms with E-state index in [0.717, 1.165) is 4.47 Å². The topological polar surface area (TPSA) is 49.4 Å². The Kier molecular flexibility index (Phi) is 3.07. The van der Waals surface area contributed by atoms with Gasteiger partial charge >= 0.3 is 0 Å². The molecule has 1 N–H and O–H groups in total. The molecule has 0 unspecified atom stereocenters. The first-order valence-corrected chi connectivity index (χ1v) is 5.75. The van der Waals surface area contributed by atoms with E-state index in [1.165, 1.54) is 4.90 Å². The van der Waals surface area contributed by atoms with Gasteiger partial charge in [-0.25, -0.2) is 0 Å². The number of rotatable bonds is 3. The van der Waals surface area contributed by atoms with Gasteiger partial charge in [-0.1, -0.05) is 15.9 Å². The van der Waals surface area contributed by atoms with Crippen molar-refractivity contribution in [2.75, 3.05) is 25.0 Å². The van der Waals surface area contributed by atoms with Gasteiger partial charge in [0.15, 0.2) is 0 Å². The van der Waals surface area contributed by atoms with Crippen molar-refractivity contribution in [2.24, 2.45) is 0 Å². The van der Waals surface area contributed by atoms with E-state index in [1.54, 1.807) is 18.2 Å². The van der Waals surface area contributed by atoms with Crippen LogP contribution in [0.25, 0.3) is 0 Å². The molecule has 0 aliphatic carbocycles. The highest BCUT2D eigenvalue weighted by molar-refractivity contribution is 9.10. The molecule has 1 aliphatic heterocycles. The van der Waals surface area contributed by atoms with Gasteiger partial charge in [-0.15, -0.1) is 0 Å². The molecule has 0 radical (unpaired) electrons. The number of carbonyl (C=O) groups excluding carboxylic acids is 2. The molecule has 0 fully saturated rings. The summed E-state index contributed by atoms with van der Waals surface area (Å²) in [5, 5.41) is 2.96. The Hall–Kier alpha value is -1.20. The fourth-order valence-electron chi connectivity index (χ4n) is 1.71. The summed E-state index contributed by atoms with van der Waals surface area (Å²) in [6.45, 7) is 1.16. The van der Waals surface area contributed by atoms with Crippen LogP contribution >= 0.6 is 15.9 Å². The third-order valence-corrected chi connectivity index (χ3v) is 3.01. The van der Waals surface area contributed by atoms with Crippen molar-refractivity contribution in [3.63, 3.8) is 0 Å². The molecule has 0 atom stereocenters. The Morgan fingerprint density at radius 1 is 1.38 bits per heavy atom. The van der Waals surface area contributed by atoms with Gasteiger partial charge in [0.05, 0.1) is 11.3 Å². The molecule has 0 aromatic heterocycles. The van der Waals surface area contributed by atoms with Gasteiger partial charge in [0, 0.05) is 17.6 Å². The molecule has 0 spiro atoms. The lowest BCUT2D eigenvalue weighted by atomic mass is 10.1. The summed E-state index contributed by atoms with van der Waals surface area (Å²) < 4.78 is 0.864. The second kappa shape index (κ2) is 4.35. The van der Waals surface area contributed by atoms with Crippen molar-refractivity contribution < 1.29 is 9.59 Å². The summed E-state index contributed by atoms with van der Waals surface area (Å²) in [6.07, 6.45) is 0. The number of halogens is 1. The number of hydrogen-bond acceptors (Lipinski definition) is 3. The van der Waals surface area contributed by atoms with Crippen LogP contribution in [0.4, 0.5) is 5.69 Å². The number of hydrogen-bond donors (Lipinski definition) is 1. The van der Waals surface area contributed by atoms with Crippen LogP contribution in [0.5, 0.6) is 0 Å². The van der Waals surface area contributed by atoms with Crippen LogP contribution in [0.3, 0.4) is 0 Å². The van der Waals surface area contributed by atoms with Crippen LogP contribution < -0.4 is 10.2 Å². The lowest BCUT2D eigenvalue weighted by Crippen LogP contribution is -2.35. The maximum atomic E-state index is 11.7. The number of nitrogens with zero attached hydrogens (tertiary/aromatic N) is 1. The second-order valence-corrected chi connectivity index (χ2v) is 4.47. The normalized spacial score (nSPS) is 14.5. The van der Waals surface area contributed by atoms with Gasteiger partial charge in [-0.05, 0) is 25.2 Å². The van der Waals surface area contributed by atoms with Crippen LogP contribution in [0, 0.1) is 0 Å². The smallest absolute Gasteiger partial charge is 0.299 e. The van der Waals surface area contributed by atoms with Crippen molar-refractivity contribution in [3.05, 3.63) is 28.2 Å². The number of amides is 1. The van der Waals surface area contributed by atoms with Crippen molar-refractivity contribution >= 4 is 33.3 Å². The quantitative estimate of drug-likeness (QED) is 0.848. The monoisotopic (exact) mass is 282 g/mol. The predicted molar refractivity (Wildman–Crippen MR) is 64.8 cm³/mol. The van der Waals surface area contributed by atoms with Gasteiger partial charge in [0.25, 0.3) is 11.7 Å². The fourth-order valence-corrected chi connectivity index (χ4v) is 2.06. The van der Waals surface area contributed by atoms with E-state index in [-0.39, 0.29) is 0 Å². The van der Waals surface area contributed by atoms with E-state index in [2.05, 4.69) is 21.2 Å². The maximum Gasteiger partial charge on any atom is 0.299 e. The highest BCUT2D eigenvalue weighted by Crippen LogP contribution is 2.31. The van der Waals surface area contributed by atoms with E-state index < -0.39 is 11.7 Å². The fraction of sp³-hybridized carbons (Fsp3) is 0.273. The van der Waals surface area contributed by atoms with Crippen LogP contribution in [-0.4, -0.2) is 31.8 Å². The van der Waals surface area contributed by atoms with E-state index in [4.69, 9.17) is 0 Å². The van der Waals surface area contributed by atoms with E-state index in [9.17, 15) is 9.59 Å². The van der Waals surface area contributed by atoms with Crippen LogP contribution in [0.15, 0.2) is 22.7 Å². The van der Waals surface area contributed by atoms with Gasteiger partial charge < -0.3 is 10.2 Å². The van der Waals surface area contributed by atoms with Gasteiger partial charge in [0.2, 0.25) is 0 Å². The molecular formula is C11H11BrN2O2. The molecule has 1 aromatic carbocycles. The summed E-state index contributed by atoms with van der Waals surface area (Å²) in [7, 11) is 1.81. The highest BCUT2D eigenvalue weighted by atomic mass is 79.9.